The van der Waals surface area contributed by atoms with Crippen LogP contribution in [0.1, 0.15) is 11.1 Å². The van der Waals surface area contributed by atoms with Crippen molar-refractivity contribution < 1.29 is 19.2 Å². The topological polar surface area (TPSA) is 134 Å². The van der Waals surface area contributed by atoms with E-state index >= 15 is 0 Å². The first-order valence-corrected chi connectivity index (χ1v) is 11.2. The van der Waals surface area contributed by atoms with Gasteiger partial charge in [-0.25, -0.2) is 4.79 Å². The molecule has 2 atom stereocenters. The number of hydrogen-bond acceptors (Lipinski definition) is 6. The first kappa shape index (κ1) is 20.5. The molecule has 1 unspecified atom stereocenters. The number of amides is 5. The summed E-state index contributed by atoms with van der Waals surface area (Å²) >= 11 is 1.50. The van der Waals surface area contributed by atoms with Crippen LogP contribution in [0.15, 0.2) is 47.4 Å². The Hall–Kier alpha value is -3.37. The van der Waals surface area contributed by atoms with E-state index in [1.54, 1.807) is 18.2 Å². The standard InChI is InChI=1S/C22H21N5O4S/c23-15-11-32-17-4-2-1-3-16(17)27(19(15)29)10-18(28)24-14-6-5-12-8-22(9-13(12)7-14)20(30)25-21(31)26-22/h1-7,15H,8-11,23H2,(H,24,28)(H2,25,26,30,31)/t15-,22?/m0/s1. The fourth-order valence-corrected chi connectivity index (χ4v) is 5.41. The van der Waals surface area contributed by atoms with Crippen LogP contribution in [-0.2, 0) is 27.2 Å². The molecule has 0 bridgehead atoms. The number of nitrogens with two attached hydrogens (primary N) is 1. The predicted octanol–water partition coefficient (Wildman–Crippen LogP) is 0.768. The molecule has 1 aliphatic carbocycles. The van der Waals surface area contributed by atoms with Gasteiger partial charge in [-0.1, -0.05) is 18.2 Å². The number of urea groups is 1. The lowest BCUT2D eigenvalue weighted by Crippen LogP contribution is -2.47. The highest BCUT2D eigenvalue weighted by Crippen LogP contribution is 2.35. The third kappa shape index (κ3) is 3.51. The van der Waals surface area contributed by atoms with Crippen LogP contribution < -0.4 is 26.6 Å². The number of carbonyl (C=O) groups is 4. The molecule has 9 nitrogen and oxygen atoms in total. The molecule has 1 spiro atoms. The van der Waals surface area contributed by atoms with E-state index in [1.165, 1.54) is 16.7 Å². The lowest BCUT2D eigenvalue weighted by Gasteiger charge is -2.23. The maximum absolute atomic E-state index is 12.8. The third-order valence-electron chi connectivity index (χ3n) is 5.95. The number of anilines is 2. The highest BCUT2D eigenvalue weighted by molar-refractivity contribution is 7.99. The third-order valence-corrected chi connectivity index (χ3v) is 7.13. The van der Waals surface area contributed by atoms with Crippen LogP contribution in [0.2, 0.25) is 0 Å². The first-order chi connectivity index (χ1) is 15.3. The van der Waals surface area contributed by atoms with E-state index < -0.39 is 17.6 Å². The van der Waals surface area contributed by atoms with Gasteiger partial charge >= 0.3 is 6.03 Å². The number of nitrogens with zero attached hydrogens (tertiary/aromatic N) is 1. The predicted molar refractivity (Wildman–Crippen MR) is 119 cm³/mol. The minimum atomic E-state index is -0.960. The molecule has 0 saturated carbocycles. The monoisotopic (exact) mass is 451 g/mol. The fraction of sp³-hybridized carbons (Fsp3) is 0.273. The van der Waals surface area contributed by atoms with Crippen molar-refractivity contribution in [2.45, 2.75) is 29.3 Å². The van der Waals surface area contributed by atoms with Crippen molar-refractivity contribution in [2.24, 2.45) is 5.73 Å². The van der Waals surface area contributed by atoms with Gasteiger partial charge in [0.1, 0.15) is 12.1 Å². The summed E-state index contributed by atoms with van der Waals surface area (Å²) in [5.74, 6) is -0.537. The SMILES string of the molecule is N[C@H]1CSc2ccccc2N(CC(=O)Nc2ccc3c(c2)CC2(C3)NC(=O)NC2=O)C1=O. The Labute approximate surface area is 188 Å². The molecule has 1 fully saturated rings. The van der Waals surface area contributed by atoms with Crippen LogP contribution in [0, 0.1) is 0 Å². The van der Waals surface area contributed by atoms with Gasteiger partial charge in [-0.2, -0.15) is 0 Å². The van der Waals surface area contributed by atoms with Crippen LogP contribution in [-0.4, -0.2) is 47.6 Å². The zero-order valence-electron chi connectivity index (χ0n) is 17.0. The average Bonchev–Trinajstić information content (AvgIpc) is 3.23. The van der Waals surface area contributed by atoms with Crippen molar-refractivity contribution in [2.75, 3.05) is 22.5 Å². The summed E-state index contributed by atoms with van der Waals surface area (Å²) in [5, 5.41) is 7.85. The van der Waals surface area contributed by atoms with Gasteiger partial charge in [0.25, 0.3) is 5.91 Å². The van der Waals surface area contributed by atoms with Crippen LogP contribution in [0.3, 0.4) is 0 Å². The molecule has 2 heterocycles. The molecule has 5 amide bonds. The summed E-state index contributed by atoms with van der Waals surface area (Å²) in [6.45, 7) is -0.163. The molecular formula is C22H21N5O4S. The average molecular weight is 452 g/mol. The van der Waals surface area contributed by atoms with Gasteiger partial charge in [0.15, 0.2) is 0 Å². The lowest BCUT2D eigenvalue weighted by atomic mass is 9.96. The van der Waals surface area contributed by atoms with Crippen LogP contribution in [0.5, 0.6) is 0 Å². The van der Waals surface area contributed by atoms with E-state index in [-0.39, 0.29) is 24.3 Å². The van der Waals surface area contributed by atoms with Crippen molar-refractivity contribution in [3.05, 3.63) is 53.6 Å². The normalized spacial score (nSPS) is 24.0. The molecule has 164 valence electrons. The van der Waals surface area contributed by atoms with Crippen LogP contribution in [0.25, 0.3) is 0 Å². The van der Waals surface area contributed by atoms with Crippen molar-refractivity contribution >= 4 is 46.9 Å². The summed E-state index contributed by atoms with van der Waals surface area (Å²) in [6.07, 6.45) is 0.760. The quantitative estimate of drug-likeness (QED) is 0.510. The summed E-state index contributed by atoms with van der Waals surface area (Å²) in [7, 11) is 0. The Bertz CT molecular complexity index is 1170. The molecule has 5 rings (SSSR count). The molecule has 3 aliphatic rings. The number of rotatable bonds is 3. The number of carbonyl (C=O) groups excluding carboxylic acids is 4. The van der Waals surface area contributed by atoms with E-state index in [4.69, 9.17) is 5.73 Å². The van der Waals surface area contributed by atoms with E-state index in [0.717, 1.165) is 16.0 Å². The highest BCUT2D eigenvalue weighted by atomic mass is 32.2. The smallest absolute Gasteiger partial charge is 0.322 e. The fourth-order valence-electron chi connectivity index (χ4n) is 4.41. The van der Waals surface area contributed by atoms with Crippen molar-refractivity contribution in [1.82, 2.24) is 10.6 Å². The molecule has 5 N–H and O–H groups in total. The van der Waals surface area contributed by atoms with Gasteiger partial charge in [-0.05, 0) is 35.4 Å². The Morgan fingerprint density at radius 2 is 1.94 bits per heavy atom. The lowest BCUT2D eigenvalue weighted by molar-refractivity contribution is -0.123. The second kappa shape index (κ2) is 7.64. The van der Waals surface area contributed by atoms with E-state index in [1.807, 2.05) is 24.3 Å². The second-order valence-electron chi connectivity index (χ2n) is 8.19. The summed E-state index contributed by atoms with van der Waals surface area (Å²) in [4.78, 5) is 51.8. The minimum Gasteiger partial charge on any atom is -0.325 e. The number of imide groups is 1. The van der Waals surface area contributed by atoms with Gasteiger partial charge in [0.2, 0.25) is 11.8 Å². The van der Waals surface area contributed by atoms with Crippen molar-refractivity contribution in [3.63, 3.8) is 0 Å². The van der Waals surface area contributed by atoms with Gasteiger partial charge in [0.05, 0.1) is 11.7 Å². The Morgan fingerprint density at radius 1 is 1.16 bits per heavy atom. The summed E-state index contributed by atoms with van der Waals surface area (Å²) in [6, 6.07) is 11.6. The van der Waals surface area contributed by atoms with E-state index in [9.17, 15) is 19.2 Å². The molecular weight excluding hydrogens is 430 g/mol. The number of hydrogen-bond donors (Lipinski definition) is 4. The number of thioether (sulfide) groups is 1. The van der Waals surface area contributed by atoms with Gasteiger partial charge in [0, 0.05) is 29.2 Å². The number of nitrogens with one attached hydrogen (secondary N) is 3. The zero-order valence-corrected chi connectivity index (χ0v) is 17.8. The first-order valence-electron chi connectivity index (χ1n) is 10.2. The number of para-hydroxylation sites is 1. The van der Waals surface area contributed by atoms with Crippen molar-refractivity contribution in [3.8, 4) is 0 Å². The van der Waals surface area contributed by atoms with Crippen molar-refractivity contribution in [1.29, 1.82) is 0 Å². The van der Waals surface area contributed by atoms with Gasteiger partial charge < -0.3 is 21.3 Å². The summed E-state index contributed by atoms with van der Waals surface area (Å²) in [5.41, 5.74) is 8.11. The maximum Gasteiger partial charge on any atom is 0.322 e. The molecule has 32 heavy (non-hydrogen) atoms. The molecule has 0 radical (unpaired) electrons. The number of fused-ring (bicyclic) bond motifs is 2. The Balaban J connectivity index is 1.32. The van der Waals surface area contributed by atoms with E-state index in [0.29, 0.717) is 30.0 Å². The molecule has 2 aliphatic heterocycles. The van der Waals surface area contributed by atoms with Gasteiger partial charge in [-0.3, -0.25) is 19.7 Å². The molecule has 0 aromatic heterocycles. The molecule has 2 aromatic carbocycles. The maximum atomic E-state index is 12.8. The van der Waals surface area contributed by atoms with Gasteiger partial charge in [-0.15, -0.1) is 11.8 Å². The molecule has 10 heteroatoms. The highest BCUT2D eigenvalue weighted by Gasteiger charge is 2.50. The second-order valence-corrected chi connectivity index (χ2v) is 9.25. The van der Waals surface area contributed by atoms with Crippen LogP contribution >= 0.6 is 11.8 Å². The minimum absolute atomic E-state index is 0.163. The Kier molecular flexibility index (Phi) is 4.90. The summed E-state index contributed by atoms with van der Waals surface area (Å²) < 4.78 is 0. The molecule has 2 aromatic rings. The van der Waals surface area contributed by atoms with E-state index in [2.05, 4.69) is 16.0 Å². The zero-order chi connectivity index (χ0) is 22.5. The largest absolute Gasteiger partial charge is 0.325 e. The van der Waals surface area contributed by atoms with Crippen LogP contribution in [0.4, 0.5) is 16.2 Å². The Morgan fingerprint density at radius 3 is 2.72 bits per heavy atom. The number of benzene rings is 2. The molecule has 1 saturated heterocycles.